The Balaban J connectivity index is 2.78. The molecule has 7 heteroatoms. The van der Waals surface area contributed by atoms with Gasteiger partial charge in [0.1, 0.15) is 17.9 Å². The normalized spacial score (nSPS) is 11.2. The number of hydrogen-bond acceptors (Lipinski definition) is 4. The highest BCUT2D eigenvalue weighted by Gasteiger charge is 2.13. The molecule has 0 spiro atoms. The molecule has 0 aliphatic heterocycles. The average Bonchev–Trinajstić information content (AvgIpc) is 2.28. The summed E-state index contributed by atoms with van der Waals surface area (Å²) in [5.74, 6) is -1.05. The van der Waals surface area contributed by atoms with Gasteiger partial charge in [-0.3, -0.25) is 0 Å². The lowest BCUT2D eigenvalue weighted by molar-refractivity contribution is 0.0692. The molecule has 0 aromatic heterocycles. The second kappa shape index (κ2) is 6.19. The first kappa shape index (κ1) is 15.0. The number of halogens is 1. The predicted molar refractivity (Wildman–Crippen MR) is 70.9 cm³/mol. The molecule has 0 atom stereocenters. The first-order chi connectivity index (χ1) is 8.35. The van der Waals surface area contributed by atoms with Gasteiger partial charge >= 0.3 is 5.97 Å². The van der Waals surface area contributed by atoms with Crippen LogP contribution in [0.3, 0.4) is 0 Å². The van der Waals surface area contributed by atoms with Crippen molar-refractivity contribution in [1.29, 1.82) is 0 Å². The standard InChI is InChI=1S/C11H13BrO5S/c1-2-18(15,16)6-5-17-10-7-8(12)3-4-9(10)11(13)14/h3-4,7H,2,5-6H2,1H3,(H,13,14). The fourth-order valence-electron chi connectivity index (χ4n) is 1.22. The molecular formula is C11H13BrO5S. The largest absolute Gasteiger partial charge is 0.492 e. The van der Waals surface area contributed by atoms with E-state index in [0.717, 1.165) is 0 Å². The Morgan fingerprint density at radius 1 is 1.44 bits per heavy atom. The van der Waals surface area contributed by atoms with Gasteiger partial charge in [0, 0.05) is 10.2 Å². The SMILES string of the molecule is CCS(=O)(=O)CCOc1cc(Br)ccc1C(=O)O. The van der Waals surface area contributed by atoms with Crippen LogP contribution in [0.1, 0.15) is 17.3 Å². The van der Waals surface area contributed by atoms with Gasteiger partial charge in [0.25, 0.3) is 0 Å². The Morgan fingerprint density at radius 3 is 2.67 bits per heavy atom. The van der Waals surface area contributed by atoms with E-state index in [2.05, 4.69) is 15.9 Å². The van der Waals surface area contributed by atoms with Crippen LogP contribution in [-0.2, 0) is 9.84 Å². The molecular weight excluding hydrogens is 324 g/mol. The number of rotatable bonds is 6. The summed E-state index contributed by atoms with van der Waals surface area (Å²) < 4.78 is 28.4. The molecule has 1 aromatic carbocycles. The Hall–Kier alpha value is -1.08. The second-order valence-corrected chi connectivity index (χ2v) is 6.92. The summed E-state index contributed by atoms with van der Waals surface area (Å²) in [7, 11) is -3.12. The number of carboxylic acid groups (broad SMARTS) is 1. The molecule has 0 aliphatic carbocycles. The van der Waals surface area contributed by atoms with Crippen LogP contribution in [-0.4, -0.2) is 37.6 Å². The van der Waals surface area contributed by atoms with E-state index in [1.807, 2.05) is 0 Å². The van der Waals surface area contributed by atoms with Crippen molar-refractivity contribution in [2.24, 2.45) is 0 Å². The molecule has 0 amide bonds. The molecule has 0 heterocycles. The predicted octanol–water partition coefficient (Wildman–Crippen LogP) is 1.96. The van der Waals surface area contributed by atoms with Crippen molar-refractivity contribution in [2.45, 2.75) is 6.92 Å². The summed E-state index contributed by atoms with van der Waals surface area (Å²) in [5, 5.41) is 8.95. The molecule has 0 fully saturated rings. The maximum atomic E-state index is 11.3. The number of sulfone groups is 1. The van der Waals surface area contributed by atoms with E-state index in [1.165, 1.54) is 12.1 Å². The molecule has 0 radical (unpaired) electrons. The zero-order valence-corrected chi connectivity index (χ0v) is 12.1. The third-order valence-corrected chi connectivity index (χ3v) is 4.43. The second-order valence-electron chi connectivity index (χ2n) is 3.53. The smallest absolute Gasteiger partial charge is 0.339 e. The summed E-state index contributed by atoms with van der Waals surface area (Å²) in [5.41, 5.74) is 0.00657. The van der Waals surface area contributed by atoms with Crippen molar-refractivity contribution in [3.05, 3.63) is 28.2 Å². The highest BCUT2D eigenvalue weighted by atomic mass is 79.9. The summed E-state index contributed by atoms with van der Waals surface area (Å²) in [6, 6.07) is 4.48. The van der Waals surface area contributed by atoms with Crippen LogP contribution in [0.25, 0.3) is 0 Å². The molecule has 1 N–H and O–H groups in total. The fourth-order valence-corrected chi connectivity index (χ4v) is 2.18. The van der Waals surface area contributed by atoms with E-state index < -0.39 is 15.8 Å². The van der Waals surface area contributed by atoms with Crippen LogP contribution in [0.4, 0.5) is 0 Å². The first-order valence-corrected chi connectivity index (χ1v) is 7.83. The van der Waals surface area contributed by atoms with Crippen LogP contribution in [0.5, 0.6) is 5.75 Å². The van der Waals surface area contributed by atoms with Gasteiger partial charge in [-0.25, -0.2) is 13.2 Å². The molecule has 0 saturated carbocycles. The average molecular weight is 337 g/mol. The molecule has 0 bridgehead atoms. The quantitative estimate of drug-likeness (QED) is 0.858. The van der Waals surface area contributed by atoms with Gasteiger partial charge < -0.3 is 9.84 Å². The third kappa shape index (κ3) is 4.30. The van der Waals surface area contributed by atoms with Gasteiger partial charge in [0.05, 0.1) is 5.75 Å². The molecule has 100 valence electrons. The maximum Gasteiger partial charge on any atom is 0.339 e. The summed E-state index contributed by atoms with van der Waals surface area (Å²) in [6.45, 7) is 1.49. The number of hydrogen-bond donors (Lipinski definition) is 1. The van der Waals surface area contributed by atoms with Crippen LogP contribution in [0.2, 0.25) is 0 Å². The van der Waals surface area contributed by atoms with E-state index in [0.29, 0.717) is 4.47 Å². The molecule has 1 rings (SSSR count). The topological polar surface area (TPSA) is 80.7 Å². The van der Waals surface area contributed by atoms with Crippen molar-refractivity contribution in [2.75, 3.05) is 18.1 Å². The highest BCUT2D eigenvalue weighted by molar-refractivity contribution is 9.10. The summed E-state index contributed by atoms with van der Waals surface area (Å²) >= 11 is 3.20. The minimum absolute atomic E-state index is 0.00657. The Morgan fingerprint density at radius 2 is 2.11 bits per heavy atom. The van der Waals surface area contributed by atoms with Crippen molar-refractivity contribution in [1.82, 2.24) is 0 Å². The first-order valence-electron chi connectivity index (χ1n) is 5.22. The van der Waals surface area contributed by atoms with E-state index in [9.17, 15) is 13.2 Å². The molecule has 1 aromatic rings. The lowest BCUT2D eigenvalue weighted by Crippen LogP contribution is -2.16. The Kier molecular flexibility index (Phi) is 5.15. The van der Waals surface area contributed by atoms with Gasteiger partial charge in [0.15, 0.2) is 9.84 Å². The van der Waals surface area contributed by atoms with E-state index in [-0.39, 0.29) is 29.4 Å². The van der Waals surface area contributed by atoms with Gasteiger partial charge in [-0.2, -0.15) is 0 Å². The van der Waals surface area contributed by atoms with E-state index in [4.69, 9.17) is 9.84 Å². The number of benzene rings is 1. The zero-order chi connectivity index (χ0) is 13.8. The Labute approximate surface area is 114 Å². The van der Waals surface area contributed by atoms with Crippen LogP contribution in [0, 0.1) is 0 Å². The third-order valence-electron chi connectivity index (χ3n) is 2.27. The van der Waals surface area contributed by atoms with Gasteiger partial charge in [-0.1, -0.05) is 22.9 Å². The van der Waals surface area contributed by atoms with Gasteiger partial charge in [0.2, 0.25) is 0 Å². The van der Waals surface area contributed by atoms with Gasteiger partial charge in [-0.05, 0) is 18.2 Å². The molecule has 18 heavy (non-hydrogen) atoms. The number of aromatic carboxylic acids is 1. The van der Waals surface area contributed by atoms with Crippen molar-refractivity contribution in [3.8, 4) is 5.75 Å². The minimum Gasteiger partial charge on any atom is -0.492 e. The molecule has 0 aliphatic rings. The number of carboxylic acids is 1. The number of ether oxygens (including phenoxy) is 1. The maximum absolute atomic E-state index is 11.3. The molecule has 5 nitrogen and oxygen atoms in total. The molecule has 0 unspecified atom stereocenters. The highest BCUT2D eigenvalue weighted by Crippen LogP contribution is 2.23. The summed E-state index contributed by atoms with van der Waals surface area (Å²) in [4.78, 5) is 10.9. The van der Waals surface area contributed by atoms with E-state index in [1.54, 1.807) is 13.0 Å². The van der Waals surface area contributed by atoms with Crippen LogP contribution in [0.15, 0.2) is 22.7 Å². The van der Waals surface area contributed by atoms with E-state index >= 15 is 0 Å². The lowest BCUT2D eigenvalue weighted by atomic mass is 10.2. The zero-order valence-electron chi connectivity index (χ0n) is 9.72. The van der Waals surface area contributed by atoms with Crippen molar-refractivity contribution in [3.63, 3.8) is 0 Å². The fraction of sp³-hybridized carbons (Fsp3) is 0.364. The Bertz CT molecular complexity index is 538. The van der Waals surface area contributed by atoms with Gasteiger partial charge in [-0.15, -0.1) is 0 Å². The monoisotopic (exact) mass is 336 g/mol. The molecule has 0 saturated heterocycles. The van der Waals surface area contributed by atoms with Crippen molar-refractivity contribution < 1.29 is 23.1 Å². The number of carbonyl (C=O) groups is 1. The lowest BCUT2D eigenvalue weighted by Gasteiger charge is -2.09. The van der Waals surface area contributed by atoms with Crippen LogP contribution < -0.4 is 4.74 Å². The summed E-state index contributed by atoms with van der Waals surface area (Å²) in [6.07, 6.45) is 0. The minimum atomic E-state index is -3.12. The van der Waals surface area contributed by atoms with Crippen LogP contribution >= 0.6 is 15.9 Å². The van der Waals surface area contributed by atoms with Crippen molar-refractivity contribution >= 4 is 31.7 Å².